The quantitative estimate of drug-likeness (QED) is 0.209. The van der Waals surface area contributed by atoms with E-state index in [9.17, 15) is 22.5 Å². The Morgan fingerprint density at radius 1 is 1.03 bits per heavy atom. The summed E-state index contributed by atoms with van der Waals surface area (Å²) >= 11 is 4.30. The van der Waals surface area contributed by atoms with Crippen LogP contribution in [-0.4, -0.2) is 39.2 Å². The number of hydrogen-bond donors (Lipinski definition) is 4. The maximum atomic E-state index is 12.9. The normalized spacial score (nSPS) is 13.2. The van der Waals surface area contributed by atoms with E-state index in [0.717, 1.165) is 10.7 Å². The number of phenolic OH excluding ortho intramolecular Hbond substituents is 1. The second-order valence-electron chi connectivity index (χ2n) is 7.89. The van der Waals surface area contributed by atoms with Gasteiger partial charge < -0.3 is 14.0 Å². The highest BCUT2D eigenvalue weighted by atomic mass is 32.9. The first kappa shape index (κ1) is 27.8. The molecule has 0 bridgehead atoms. The van der Waals surface area contributed by atoms with Crippen LogP contribution in [0.4, 0.5) is 17.1 Å². The summed E-state index contributed by atoms with van der Waals surface area (Å²) in [7, 11) is -6.53. The minimum Gasteiger partial charge on any atom is -0.506 e. The summed E-state index contributed by atoms with van der Waals surface area (Å²) in [4.78, 5) is 12.7. The Kier molecular flexibility index (Phi) is 7.73. The van der Waals surface area contributed by atoms with Gasteiger partial charge in [-0.3, -0.25) is 19.2 Å². The lowest BCUT2D eigenvalue weighted by Crippen LogP contribution is -2.14. The maximum Gasteiger partial charge on any atom is 0.311 e. The molecule has 0 aliphatic heterocycles. The molecule has 0 amide bonds. The zero-order valence-electron chi connectivity index (χ0n) is 20.3. The molecule has 0 spiro atoms. The van der Waals surface area contributed by atoms with Crippen molar-refractivity contribution < 1.29 is 31.2 Å². The van der Waals surface area contributed by atoms with Crippen LogP contribution in [0.25, 0.3) is 5.69 Å². The van der Waals surface area contributed by atoms with E-state index in [1.165, 1.54) is 49.6 Å². The fourth-order valence-corrected chi connectivity index (χ4v) is 5.08. The number of phenols is 1. The number of nitrogens with one attached hydrogen (secondary N) is 2. The zero-order valence-corrected chi connectivity index (χ0v) is 22.7. The molecule has 204 valence electrons. The number of azo groups is 1. The number of aromatic nitrogens is 2. The van der Waals surface area contributed by atoms with Gasteiger partial charge in [-0.1, -0.05) is 12.1 Å². The van der Waals surface area contributed by atoms with Crippen molar-refractivity contribution in [1.29, 1.82) is 0 Å². The number of benzene rings is 3. The van der Waals surface area contributed by atoms with Gasteiger partial charge in [0.15, 0.2) is 5.69 Å². The van der Waals surface area contributed by atoms with E-state index >= 15 is 0 Å². The summed E-state index contributed by atoms with van der Waals surface area (Å²) in [6.07, 6.45) is 0. The summed E-state index contributed by atoms with van der Waals surface area (Å²) in [6.45, 7) is 1.58. The highest BCUT2D eigenvalue weighted by Crippen LogP contribution is 2.32. The van der Waals surface area contributed by atoms with Crippen molar-refractivity contribution in [2.75, 3.05) is 11.8 Å². The van der Waals surface area contributed by atoms with Crippen molar-refractivity contribution in [2.45, 2.75) is 11.8 Å². The predicted octanol–water partition coefficient (Wildman–Crippen LogP) is 3.92. The number of aryl methyl sites for hydroxylation is 1. The lowest BCUT2D eigenvalue weighted by atomic mass is 10.3. The fourth-order valence-electron chi connectivity index (χ4n) is 3.40. The standard InChI is InChI=1S/C23H21N5O8S3/c1-14-22(23(30)28(26-14)15-7-9-16(10-8-15)36-39(33,34)37)25-24-18-12-11-17(13-20(18)29)38(31,32)27-19-5-3-4-6-21(19)35-2/h3-13,26-27,29H,1-2H3,(H,33,34,37). The predicted molar refractivity (Wildman–Crippen MR) is 146 cm³/mol. The van der Waals surface area contributed by atoms with Gasteiger partial charge in [0.2, 0.25) is 0 Å². The van der Waals surface area contributed by atoms with Gasteiger partial charge in [-0.05, 0) is 55.5 Å². The van der Waals surface area contributed by atoms with Gasteiger partial charge in [0.25, 0.3) is 15.6 Å². The van der Waals surface area contributed by atoms with E-state index in [-0.39, 0.29) is 27.7 Å². The van der Waals surface area contributed by atoms with Gasteiger partial charge in [-0.25, -0.2) is 13.1 Å². The zero-order chi connectivity index (χ0) is 28.4. The Labute approximate surface area is 227 Å². The van der Waals surface area contributed by atoms with Crippen molar-refractivity contribution in [3.05, 3.63) is 82.8 Å². The van der Waals surface area contributed by atoms with E-state index in [4.69, 9.17) is 13.5 Å². The molecule has 0 saturated carbocycles. The average Bonchev–Trinajstić information content (AvgIpc) is 3.15. The molecule has 0 aliphatic rings. The van der Waals surface area contributed by atoms with Crippen molar-refractivity contribution in [3.63, 3.8) is 0 Å². The molecule has 0 radical (unpaired) electrons. The number of nitrogens with zero attached hydrogens (tertiary/aromatic N) is 3. The third kappa shape index (κ3) is 6.43. The Morgan fingerprint density at radius 3 is 2.36 bits per heavy atom. The Balaban J connectivity index is 1.56. The first-order chi connectivity index (χ1) is 18.4. The number of sulfonamides is 1. The summed E-state index contributed by atoms with van der Waals surface area (Å²) in [5, 5.41) is 21.1. The van der Waals surface area contributed by atoms with Crippen LogP contribution >= 0.6 is 0 Å². The number of hydrogen-bond acceptors (Lipinski definition) is 10. The molecule has 1 unspecified atom stereocenters. The molecule has 13 nitrogen and oxygen atoms in total. The average molecular weight is 592 g/mol. The SMILES string of the molecule is COc1ccccc1NS(=O)(=O)c1ccc(N=Nc2c(C)[nH]n(-c3ccc(OS(=O)(O)=S)cc3)c2=O)c(O)c1. The summed E-state index contributed by atoms with van der Waals surface area (Å²) in [5.74, 6) is -0.121. The monoisotopic (exact) mass is 591 g/mol. The first-order valence-corrected chi connectivity index (χ1v) is 14.7. The number of aromatic hydroxyl groups is 1. The lowest BCUT2D eigenvalue weighted by Gasteiger charge is -2.12. The number of aromatic amines is 1. The smallest absolute Gasteiger partial charge is 0.311 e. The molecular formula is C23H21N5O8S3. The highest BCUT2D eigenvalue weighted by molar-refractivity contribution is 8.27. The Hall–Kier alpha value is -4.25. The lowest BCUT2D eigenvalue weighted by molar-refractivity contribution is 0.417. The van der Waals surface area contributed by atoms with Crippen LogP contribution < -0.4 is 19.2 Å². The summed E-state index contributed by atoms with van der Waals surface area (Å²) < 4.78 is 59.4. The third-order valence-electron chi connectivity index (χ3n) is 5.20. The maximum absolute atomic E-state index is 12.9. The topological polar surface area (TPSA) is 185 Å². The number of rotatable bonds is 9. The minimum atomic E-state index is -4.07. The summed E-state index contributed by atoms with van der Waals surface area (Å²) in [6, 6.07) is 15.6. The molecule has 4 rings (SSSR count). The van der Waals surface area contributed by atoms with Gasteiger partial charge in [0.1, 0.15) is 22.9 Å². The first-order valence-electron chi connectivity index (χ1n) is 10.9. The van der Waals surface area contributed by atoms with E-state index in [2.05, 4.69) is 31.2 Å². The molecule has 1 atom stereocenters. The fraction of sp³-hybridized carbons (Fsp3) is 0.0870. The second kappa shape index (κ2) is 10.9. The number of methoxy groups -OCH3 is 1. The minimum absolute atomic E-state index is 0.0385. The number of H-pyrrole nitrogens is 1. The molecule has 4 N–H and O–H groups in total. The van der Waals surface area contributed by atoms with Crippen molar-refractivity contribution in [2.24, 2.45) is 10.2 Å². The van der Waals surface area contributed by atoms with Crippen molar-refractivity contribution >= 4 is 47.3 Å². The molecule has 3 aromatic carbocycles. The molecule has 0 fully saturated rings. The largest absolute Gasteiger partial charge is 0.506 e. The highest BCUT2D eigenvalue weighted by Gasteiger charge is 2.19. The Morgan fingerprint density at radius 2 is 1.72 bits per heavy atom. The van der Waals surface area contributed by atoms with Crippen LogP contribution in [-0.2, 0) is 30.3 Å². The van der Waals surface area contributed by atoms with Gasteiger partial charge in [-0.2, -0.15) is 4.21 Å². The molecule has 0 saturated heterocycles. The van der Waals surface area contributed by atoms with E-state index < -0.39 is 30.4 Å². The molecule has 39 heavy (non-hydrogen) atoms. The number of para-hydroxylation sites is 2. The molecular weight excluding hydrogens is 570 g/mol. The third-order valence-corrected chi connectivity index (χ3v) is 7.17. The molecule has 16 heteroatoms. The van der Waals surface area contributed by atoms with Crippen LogP contribution in [0.15, 0.2) is 86.6 Å². The van der Waals surface area contributed by atoms with Gasteiger partial charge in [-0.15, -0.1) is 10.2 Å². The molecule has 1 heterocycles. The van der Waals surface area contributed by atoms with Crippen molar-refractivity contribution in [3.8, 4) is 22.9 Å². The van der Waals surface area contributed by atoms with E-state index in [1.807, 2.05) is 0 Å². The van der Waals surface area contributed by atoms with Gasteiger partial charge in [0, 0.05) is 6.07 Å². The van der Waals surface area contributed by atoms with Gasteiger partial charge in [0.05, 0.1) is 40.3 Å². The van der Waals surface area contributed by atoms with Crippen LogP contribution in [0.2, 0.25) is 0 Å². The van der Waals surface area contributed by atoms with Crippen molar-refractivity contribution in [1.82, 2.24) is 9.78 Å². The van der Waals surface area contributed by atoms with Crippen LogP contribution in [0.1, 0.15) is 5.69 Å². The number of ether oxygens (including phenoxy) is 1. The van der Waals surface area contributed by atoms with E-state index in [0.29, 0.717) is 17.1 Å². The van der Waals surface area contributed by atoms with Crippen LogP contribution in [0, 0.1) is 6.92 Å². The summed E-state index contributed by atoms with van der Waals surface area (Å²) in [5.41, 5.74) is 0.235. The molecule has 0 aliphatic carbocycles. The Bertz CT molecular complexity index is 1830. The van der Waals surface area contributed by atoms with Crippen LogP contribution in [0.3, 0.4) is 0 Å². The van der Waals surface area contributed by atoms with E-state index in [1.54, 1.807) is 25.1 Å². The van der Waals surface area contributed by atoms with Gasteiger partial charge >= 0.3 is 9.05 Å². The van der Waals surface area contributed by atoms with Crippen LogP contribution in [0.5, 0.6) is 17.2 Å². The second-order valence-corrected chi connectivity index (χ2v) is 11.9. The molecule has 1 aromatic heterocycles. The number of anilines is 1. The molecule has 4 aromatic rings.